The lowest BCUT2D eigenvalue weighted by Crippen LogP contribution is -2.42. The second-order valence-corrected chi connectivity index (χ2v) is 3.73. The molecule has 0 aromatic rings. The summed E-state index contributed by atoms with van der Waals surface area (Å²) in [5.41, 5.74) is 0. The van der Waals surface area contributed by atoms with Crippen LogP contribution in [0.15, 0.2) is 0 Å². The number of ether oxygens (including phenoxy) is 1. The highest BCUT2D eigenvalue weighted by atomic mass is 16.5. The standard InChI is InChI=1S/C10H19NO2/c1-3-8(2)10(12)11-9-5-4-6-13-7-9/h8-9H,3-7H2,1-2H3,(H,11,12)/t8?,9-/m1/s1. The van der Waals surface area contributed by atoms with Crippen LogP contribution in [0.2, 0.25) is 0 Å². The highest BCUT2D eigenvalue weighted by Gasteiger charge is 2.18. The molecule has 1 amide bonds. The van der Waals surface area contributed by atoms with Crippen molar-refractivity contribution in [3.8, 4) is 0 Å². The molecule has 1 unspecified atom stereocenters. The number of hydrogen-bond donors (Lipinski definition) is 1. The Kier molecular flexibility index (Phi) is 4.22. The van der Waals surface area contributed by atoms with Gasteiger partial charge in [-0.25, -0.2) is 0 Å². The number of amides is 1. The fourth-order valence-electron chi connectivity index (χ4n) is 1.38. The Labute approximate surface area is 79.8 Å². The quantitative estimate of drug-likeness (QED) is 0.720. The maximum atomic E-state index is 11.5. The molecule has 1 saturated heterocycles. The summed E-state index contributed by atoms with van der Waals surface area (Å²) in [7, 11) is 0. The van der Waals surface area contributed by atoms with Crippen molar-refractivity contribution in [1.82, 2.24) is 5.32 Å². The molecule has 1 N–H and O–H groups in total. The van der Waals surface area contributed by atoms with Crippen LogP contribution in [0.3, 0.4) is 0 Å². The molecule has 1 rings (SSSR count). The monoisotopic (exact) mass is 185 g/mol. The molecule has 0 bridgehead atoms. The Morgan fingerprint density at radius 2 is 2.46 bits per heavy atom. The van der Waals surface area contributed by atoms with E-state index in [9.17, 15) is 4.79 Å². The first-order valence-corrected chi connectivity index (χ1v) is 5.12. The predicted molar refractivity (Wildman–Crippen MR) is 51.4 cm³/mol. The summed E-state index contributed by atoms with van der Waals surface area (Å²) in [5, 5.41) is 3.01. The Balaban J connectivity index is 2.26. The van der Waals surface area contributed by atoms with Gasteiger partial charge in [-0.2, -0.15) is 0 Å². The first-order chi connectivity index (χ1) is 6.24. The van der Waals surface area contributed by atoms with Crippen LogP contribution in [-0.4, -0.2) is 25.2 Å². The summed E-state index contributed by atoms with van der Waals surface area (Å²) in [6.07, 6.45) is 3.02. The smallest absolute Gasteiger partial charge is 0.223 e. The number of carbonyl (C=O) groups excluding carboxylic acids is 1. The number of nitrogens with one attached hydrogen (secondary N) is 1. The largest absolute Gasteiger partial charge is 0.379 e. The number of hydrogen-bond acceptors (Lipinski definition) is 2. The molecule has 3 heteroatoms. The molecular formula is C10H19NO2. The van der Waals surface area contributed by atoms with Crippen molar-refractivity contribution < 1.29 is 9.53 Å². The second kappa shape index (κ2) is 5.22. The molecule has 0 aromatic heterocycles. The first kappa shape index (κ1) is 10.5. The van der Waals surface area contributed by atoms with Gasteiger partial charge in [-0.3, -0.25) is 4.79 Å². The van der Waals surface area contributed by atoms with E-state index < -0.39 is 0 Å². The van der Waals surface area contributed by atoms with Crippen molar-refractivity contribution in [2.24, 2.45) is 5.92 Å². The summed E-state index contributed by atoms with van der Waals surface area (Å²) in [4.78, 5) is 11.5. The highest BCUT2D eigenvalue weighted by Crippen LogP contribution is 2.08. The average molecular weight is 185 g/mol. The summed E-state index contributed by atoms with van der Waals surface area (Å²) in [5.74, 6) is 0.292. The Morgan fingerprint density at radius 3 is 3.00 bits per heavy atom. The minimum Gasteiger partial charge on any atom is -0.379 e. The topological polar surface area (TPSA) is 38.3 Å². The van der Waals surface area contributed by atoms with Crippen LogP contribution in [-0.2, 0) is 9.53 Å². The normalized spacial score (nSPS) is 25.2. The molecule has 0 aromatic carbocycles. The van der Waals surface area contributed by atoms with E-state index in [0.717, 1.165) is 25.9 Å². The fourth-order valence-corrected chi connectivity index (χ4v) is 1.38. The van der Waals surface area contributed by atoms with Crippen molar-refractivity contribution in [3.63, 3.8) is 0 Å². The maximum Gasteiger partial charge on any atom is 0.223 e. The van der Waals surface area contributed by atoms with Gasteiger partial charge in [0.15, 0.2) is 0 Å². The van der Waals surface area contributed by atoms with Crippen LogP contribution in [0.1, 0.15) is 33.1 Å². The van der Waals surface area contributed by atoms with Crippen LogP contribution >= 0.6 is 0 Å². The molecule has 3 nitrogen and oxygen atoms in total. The number of rotatable bonds is 3. The van der Waals surface area contributed by atoms with E-state index in [2.05, 4.69) is 5.32 Å². The van der Waals surface area contributed by atoms with Crippen molar-refractivity contribution >= 4 is 5.91 Å². The zero-order valence-electron chi connectivity index (χ0n) is 8.51. The molecule has 1 fully saturated rings. The minimum atomic E-state index is 0.127. The van der Waals surface area contributed by atoms with E-state index in [0.29, 0.717) is 6.61 Å². The Bertz CT molecular complexity index is 164. The third-order valence-corrected chi connectivity index (χ3v) is 2.57. The Hall–Kier alpha value is -0.570. The molecule has 0 aliphatic carbocycles. The van der Waals surface area contributed by atoms with Crippen molar-refractivity contribution in [3.05, 3.63) is 0 Å². The van der Waals surface area contributed by atoms with Crippen molar-refractivity contribution in [2.45, 2.75) is 39.2 Å². The molecule has 0 saturated carbocycles. The van der Waals surface area contributed by atoms with Gasteiger partial charge in [0, 0.05) is 12.5 Å². The summed E-state index contributed by atoms with van der Waals surface area (Å²) >= 11 is 0. The summed E-state index contributed by atoms with van der Waals surface area (Å²) in [6.45, 7) is 5.51. The van der Waals surface area contributed by atoms with E-state index in [-0.39, 0.29) is 17.9 Å². The predicted octanol–water partition coefficient (Wildman–Crippen LogP) is 1.33. The lowest BCUT2D eigenvalue weighted by Gasteiger charge is -2.24. The summed E-state index contributed by atoms with van der Waals surface area (Å²) in [6, 6.07) is 0.246. The van der Waals surface area contributed by atoms with E-state index >= 15 is 0 Å². The van der Waals surface area contributed by atoms with E-state index in [1.165, 1.54) is 0 Å². The summed E-state index contributed by atoms with van der Waals surface area (Å²) < 4.78 is 5.28. The molecule has 0 radical (unpaired) electrons. The van der Waals surface area contributed by atoms with Gasteiger partial charge in [-0.15, -0.1) is 0 Å². The van der Waals surface area contributed by atoms with Crippen LogP contribution in [0.4, 0.5) is 0 Å². The van der Waals surface area contributed by atoms with Crippen LogP contribution < -0.4 is 5.32 Å². The second-order valence-electron chi connectivity index (χ2n) is 3.73. The van der Waals surface area contributed by atoms with Gasteiger partial charge in [0.1, 0.15) is 0 Å². The zero-order valence-corrected chi connectivity index (χ0v) is 8.51. The van der Waals surface area contributed by atoms with Crippen molar-refractivity contribution in [1.29, 1.82) is 0 Å². The minimum absolute atomic E-state index is 0.127. The lowest BCUT2D eigenvalue weighted by molar-refractivity contribution is -0.126. The average Bonchev–Trinajstić information content (AvgIpc) is 2.18. The zero-order chi connectivity index (χ0) is 9.68. The highest BCUT2D eigenvalue weighted by molar-refractivity contribution is 5.78. The SMILES string of the molecule is CCC(C)C(=O)N[C@@H]1CCCOC1. The third-order valence-electron chi connectivity index (χ3n) is 2.57. The molecule has 1 aliphatic rings. The van der Waals surface area contributed by atoms with Gasteiger partial charge >= 0.3 is 0 Å². The number of carbonyl (C=O) groups is 1. The van der Waals surface area contributed by atoms with E-state index in [1.54, 1.807) is 0 Å². The molecule has 13 heavy (non-hydrogen) atoms. The molecule has 0 spiro atoms. The maximum absolute atomic E-state index is 11.5. The van der Waals surface area contributed by atoms with Crippen LogP contribution in [0.25, 0.3) is 0 Å². The van der Waals surface area contributed by atoms with Gasteiger partial charge in [0.05, 0.1) is 12.6 Å². The van der Waals surface area contributed by atoms with Gasteiger partial charge in [0.2, 0.25) is 5.91 Å². The molecule has 2 atom stereocenters. The van der Waals surface area contributed by atoms with E-state index in [4.69, 9.17) is 4.74 Å². The van der Waals surface area contributed by atoms with Gasteiger partial charge in [0.25, 0.3) is 0 Å². The Morgan fingerprint density at radius 1 is 1.69 bits per heavy atom. The molecule has 1 heterocycles. The van der Waals surface area contributed by atoms with Crippen molar-refractivity contribution in [2.75, 3.05) is 13.2 Å². The van der Waals surface area contributed by atoms with Crippen LogP contribution in [0.5, 0.6) is 0 Å². The third kappa shape index (κ3) is 3.35. The van der Waals surface area contributed by atoms with Crippen LogP contribution in [0, 0.1) is 5.92 Å². The molecular weight excluding hydrogens is 166 g/mol. The van der Waals surface area contributed by atoms with E-state index in [1.807, 2.05) is 13.8 Å². The van der Waals surface area contributed by atoms with Gasteiger partial charge < -0.3 is 10.1 Å². The van der Waals surface area contributed by atoms with Gasteiger partial charge in [-0.05, 0) is 19.3 Å². The van der Waals surface area contributed by atoms with Gasteiger partial charge in [-0.1, -0.05) is 13.8 Å². The first-order valence-electron chi connectivity index (χ1n) is 5.12. The fraction of sp³-hybridized carbons (Fsp3) is 0.900. The lowest BCUT2D eigenvalue weighted by atomic mass is 10.1. The molecule has 76 valence electrons. The molecule has 1 aliphatic heterocycles.